The highest BCUT2D eigenvalue weighted by molar-refractivity contribution is 5.85. The molecule has 2 aliphatic heterocycles. The smallest absolute Gasteiger partial charge is 0.223 e. The van der Waals surface area contributed by atoms with Crippen LogP contribution in [-0.2, 0) is 11.2 Å². The predicted molar refractivity (Wildman–Crippen MR) is 130 cm³/mol. The predicted octanol–water partition coefficient (Wildman–Crippen LogP) is 5.21. The van der Waals surface area contributed by atoms with Crippen molar-refractivity contribution in [2.24, 2.45) is 0 Å². The summed E-state index contributed by atoms with van der Waals surface area (Å²) in [6, 6.07) is 8.63. The molecule has 5 nitrogen and oxygen atoms in total. The Kier molecular flexibility index (Phi) is 8.38. The Labute approximate surface area is 193 Å². The number of hydrogen-bond acceptors (Lipinski definition) is 4. The van der Waals surface area contributed by atoms with Crippen molar-refractivity contribution in [3.05, 3.63) is 36.0 Å². The van der Waals surface area contributed by atoms with E-state index in [-0.39, 0.29) is 6.10 Å². The number of likely N-dealkylation sites (tertiary alicyclic amines) is 2. The van der Waals surface area contributed by atoms with E-state index >= 15 is 0 Å². The number of aromatic nitrogens is 1. The molecule has 5 heteroatoms. The van der Waals surface area contributed by atoms with E-state index in [1.54, 1.807) is 0 Å². The topological polar surface area (TPSA) is 45.7 Å². The molecule has 0 aliphatic carbocycles. The summed E-state index contributed by atoms with van der Waals surface area (Å²) >= 11 is 0. The Bertz CT molecular complexity index is 870. The van der Waals surface area contributed by atoms with Crippen molar-refractivity contribution in [3.63, 3.8) is 0 Å². The molecule has 1 amide bonds. The Morgan fingerprint density at radius 2 is 1.91 bits per heavy atom. The highest BCUT2D eigenvalue weighted by Gasteiger charge is 2.23. The van der Waals surface area contributed by atoms with Gasteiger partial charge in [-0.15, -0.1) is 0 Å². The molecule has 2 aliphatic rings. The number of aryl methyl sites for hydroxylation is 1. The first kappa shape index (κ1) is 23.0. The van der Waals surface area contributed by atoms with Crippen LogP contribution in [0.25, 0.3) is 10.9 Å². The van der Waals surface area contributed by atoms with Gasteiger partial charge in [0.2, 0.25) is 5.91 Å². The van der Waals surface area contributed by atoms with Gasteiger partial charge in [-0.05, 0) is 68.7 Å². The van der Waals surface area contributed by atoms with Gasteiger partial charge in [-0.1, -0.05) is 25.8 Å². The van der Waals surface area contributed by atoms with Gasteiger partial charge in [0.25, 0.3) is 0 Å². The normalized spacial score (nSPS) is 18.2. The number of piperidine rings is 2. The van der Waals surface area contributed by atoms with Crippen molar-refractivity contribution in [1.82, 2.24) is 14.8 Å². The largest absolute Gasteiger partial charge is 0.488 e. The molecule has 0 N–H and O–H groups in total. The van der Waals surface area contributed by atoms with E-state index in [4.69, 9.17) is 4.74 Å². The molecule has 1 aromatic heterocycles. The summed E-state index contributed by atoms with van der Waals surface area (Å²) in [6.45, 7) is 7.02. The first-order valence-electron chi connectivity index (χ1n) is 12.8. The van der Waals surface area contributed by atoms with Crippen LogP contribution < -0.4 is 4.74 Å². The zero-order valence-corrected chi connectivity index (χ0v) is 19.7. The van der Waals surface area contributed by atoms with Crippen LogP contribution in [0.4, 0.5) is 0 Å². The van der Waals surface area contributed by atoms with Crippen LogP contribution in [0.1, 0.15) is 70.3 Å². The van der Waals surface area contributed by atoms with E-state index in [1.165, 1.54) is 36.6 Å². The number of nitrogens with zero attached hydrogens (tertiary/aromatic N) is 3. The summed E-state index contributed by atoms with van der Waals surface area (Å²) in [5.74, 6) is 1.27. The lowest BCUT2D eigenvalue weighted by Crippen LogP contribution is -2.41. The van der Waals surface area contributed by atoms with Crippen molar-refractivity contribution in [2.45, 2.75) is 77.2 Å². The third-order valence-electron chi connectivity index (χ3n) is 6.98. The monoisotopic (exact) mass is 437 g/mol. The minimum Gasteiger partial charge on any atom is -0.488 e. The summed E-state index contributed by atoms with van der Waals surface area (Å²) in [6.07, 6.45) is 13.2. The molecular weight excluding hydrogens is 398 g/mol. The molecule has 0 unspecified atom stereocenters. The molecule has 2 fully saturated rings. The van der Waals surface area contributed by atoms with Crippen molar-refractivity contribution in [3.8, 4) is 5.75 Å². The zero-order chi connectivity index (χ0) is 22.2. The summed E-state index contributed by atoms with van der Waals surface area (Å²) < 4.78 is 6.52. The number of pyridine rings is 1. The van der Waals surface area contributed by atoms with Gasteiger partial charge in [-0.25, -0.2) is 0 Å². The molecule has 1 aromatic carbocycles. The van der Waals surface area contributed by atoms with E-state index < -0.39 is 0 Å². The average molecular weight is 438 g/mol. The number of rotatable bonds is 9. The van der Waals surface area contributed by atoms with Gasteiger partial charge in [0.1, 0.15) is 17.4 Å². The molecule has 0 atom stereocenters. The number of hydrogen-bond donors (Lipinski definition) is 0. The van der Waals surface area contributed by atoms with Crippen LogP contribution in [0.2, 0.25) is 0 Å². The second kappa shape index (κ2) is 11.6. The molecule has 4 rings (SSSR count). The van der Waals surface area contributed by atoms with Crippen molar-refractivity contribution >= 4 is 16.8 Å². The lowest BCUT2D eigenvalue weighted by molar-refractivity contribution is -0.132. The van der Waals surface area contributed by atoms with Gasteiger partial charge < -0.3 is 14.5 Å². The maximum Gasteiger partial charge on any atom is 0.223 e. The number of ether oxygens (including phenoxy) is 1. The van der Waals surface area contributed by atoms with E-state index in [1.807, 2.05) is 12.3 Å². The number of fused-ring (bicyclic) bond motifs is 1. The third-order valence-corrected chi connectivity index (χ3v) is 6.98. The van der Waals surface area contributed by atoms with Gasteiger partial charge in [-0.2, -0.15) is 0 Å². The van der Waals surface area contributed by atoms with Gasteiger partial charge in [-0.3, -0.25) is 9.78 Å². The van der Waals surface area contributed by atoms with Crippen LogP contribution in [-0.4, -0.2) is 59.5 Å². The Morgan fingerprint density at radius 3 is 2.69 bits per heavy atom. The molecule has 3 heterocycles. The van der Waals surface area contributed by atoms with Crippen LogP contribution in [0, 0.1) is 0 Å². The van der Waals surface area contributed by atoms with E-state index in [0.717, 1.165) is 76.1 Å². The van der Waals surface area contributed by atoms with Gasteiger partial charge >= 0.3 is 0 Å². The highest BCUT2D eigenvalue weighted by Crippen LogP contribution is 2.29. The molecule has 0 radical (unpaired) electrons. The number of carbonyl (C=O) groups is 1. The molecule has 0 saturated carbocycles. The minimum atomic E-state index is 0.222. The highest BCUT2D eigenvalue weighted by atomic mass is 16.5. The first-order valence-corrected chi connectivity index (χ1v) is 12.8. The summed E-state index contributed by atoms with van der Waals surface area (Å²) in [5.41, 5.74) is 2.32. The van der Waals surface area contributed by atoms with E-state index in [0.29, 0.717) is 12.3 Å². The van der Waals surface area contributed by atoms with Gasteiger partial charge in [0.15, 0.2) is 0 Å². The fourth-order valence-electron chi connectivity index (χ4n) is 5.02. The molecule has 0 spiro atoms. The Balaban J connectivity index is 1.30. The number of benzene rings is 1. The maximum atomic E-state index is 12.5. The second-order valence-corrected chi connectivity index (χ2v) is 9.48. The molecular formula is C27H39N3O2. The van der Waals surface area contributed by atoms with Crippen LogP contribution >= 0.6 is 0 Å². The van der Waals surface area contributed by atoms with Crippen LogP contribution in [0.3, 0.4) is 0 Å². The van der Waals surface area contributed by atoms with Crippen molar-refractivity contribution in [1.29, 1.82) is 0 Å². The van der Waals surface area contributed by atoms with Gasteiger partial charge in [0, 0.05) is 50.7 Å². The summed E-state index contributed by atoms with van der Waals surface area (Å²) in [4.78, 5) is 21.6. The number of carbonyl (C=O) groups excluding carboxylic acids is 1. The lowest BCUT2D eigenvalue weighted by Gasteiger charge is -2.33. The standard InChI is InChI=1S/C27H39N3O2/c1-2-3-5-9-22-20-23-10-8-14-28-27(23)25(21-22)32-24-11-17-29(18-12-24)19-13-26(31)30-15-6-4-7-16-30/h8,10,14,20-21,24H,2-7,9,11-13,15-19H2,1H3. The fourth-order valence-corrected chi connectivity index (χ4v) is 5.02. The molecule has 2 saturated heterocycles. The molecule has 0 bridgehead atoms. The second-order valence-electron chi connectivity index (χ2n) is 9.48. The van der Waals surface area contributed by atoms with E-state index in [9.17, 15) is 4.79 Å². The quantitative estimate of drug-likeness (QED) is 0.505. The molecule has 2 aromatic rings. The number of unbranched alkanes of at least 4 members (excludes halogenated alkanes) is 2. The van der Waals surface area contributed by atoms with Crippen molar-refractivity contribution < 1.29 is 9.53 Å². The average Bonchev–Trinajstić information content (AvgIpc) is 2.84. The molecule has 32 heavy (non-hydrogen) atoms. The zero-order valence-electron chi connectivity index (χ0n) is 19.7. The van der Waals surface area contributed by atoms with E-state index in [2.05, 4.69) is 39.9 Å². The van der Waals surface area contributed by atoms with Crippen LogP contribution in [0.5, 0.6) is 5.75 Å². The Morgan fingerprint density at radius 1 is 1.09 bits per heavy atom. The number of amides is 1. The summed E-state index contributed by atoms with van der Waals surface area (Å²) in [5, 5.41) is 1.17. The summed E-state index contributed by atoms with van der Waals surface area (Å²) in [7, 11) is 0. The lowest BCUT2D eigenvalue weighted by atomic mass is 10.0. The fraction of sp³-hybridized carbons (Fsp3) is 0.630. The first-order chi connectivity index (χ1) is 15.7. The molecule has 174 valence electrons. The third kappa shape index (κ3) is 6.22. The SMILES string of the molecule is CCCCCc1cc(OC2CCN(CCC(=O)N3CCCCC3)CC2)c2ncccc2c1. The maximum absolute atomic E-state index is 12.5. The Hall–Kier alpha value is -2.14. The van der Waals surface area contributed by atoms with Crippen LogP contribution in [0.15, 0.2) is 30.5 Å². The van der Waals surface area contributed by atoms with Crippen molar-refractivity contribution in [2.75, 3.05) is 32.7 Å². The minimum absolute atomic E-state index is 0.222. The van der Waals surface area contributed by atoms with Gasteiger partial charge in [0.05, 0.1) is 0 Å².